The first-order valence-corrected chi connectivity index (χ1v) is 6.48. The summed E-state index contributed by atoms with van der Waals surface area (Å²) in [5.41, 5.74) is 5.93. The monoisotopic (exact) mass is 317 g/mol. The van der Waals surface area contributed by atoms with Gasteiger partial charge in [-0.05, 0) is 18.1 Å². The summed E-state index contributed by atoms with van der Waals surface area (Å²) >= 11 is 5.77. The Morgan fingerprint density at radius 2 is 1.82 bits per heavy atom. The van der Waals surface area contributed by atoms with Crippen LogP contribution in [0.2, 0.25) is 5.15 Å². The summed E-state index contributed by atoms with van der Waals surface area (Å²) in [5.74, 6) is 6.05. The highest BCUT2D eigenvalue weighted by molar-refractivity contribution is 6.29. The minimum absolute atomic E-state index is 0.0354. The number of benzene rings is 1. The predicted octanol–water partition coefficient (Wildman–Crippen LogP) is 1.65. The molecule has 0 aliphatic carbocycles. The third-order valence-corrected chi connectivity index (χ3v) is 2.84. The SMILES string of the molecule is COc1cc(C#Cc2nc(Cl)cnc2C(N)=O)cc(OC)c1. The molecule has 0 radical (unpaired) electrons. The Morgan fingerprint density at radius 1 is 1.18 bits per heavy atom. The molecule has 2 aromatic rings. The number of rotatable bonds is 3. The van der Waals surface area contributed by atoms with Crippen LogP contribution in [0, 0.1) is 11.8 Å². The van der Waals surface area contributed by atoms with Crippen molar-refractivity contribution in [1.29, 1.82) is 0 Å². The largest absolute Gasteiger partial charge is 0.497 e. The van der Waals surface area contributed by atoms with E-state index in [4.69, 9.17) is 26.8 Å². The number of aromatic nitrogens is 2. The lowest BCUT2D eigenvalue weighted by molar-refractivity contribution is 0.0995. The molecule has 0 saturated carbocycles. The van der Waals surface area contributed by atoms with Crippen LogP contribution in [0.3, 0.4) is 0 Å². The maximum Gasteiger partial charge on any atom is 0.270 e. The summed E-state index contributed by atoms with van der Waals surface area (Å²) in [5, 5.41) is 0.123. The average Bonchev–Trinajstić information content (AvgIpc) is 2.52. The summed E-state index contributed by atoms with van der Waals surface area (Å²) in [6.45, 7) is 0. The second kappa shape index (κ2) is 6.78. The Morgan fingerprint density at radius 3 is 2.36 bits per heavy atom. The molecule has 1 heterocycles. The van der Waals surface area contributed by atoms with Crippen molar-refractivity contribution in [3.05, 3.63) is 46.5 Å². The van der Waals surface area contributed by atoms with E-state index in [1.807, 2.05) is 0 Å². The molecule has 0 atom stereocenters. The van der Waals surface area contributed by atoms with Crippen LogP contribution in [-0.2, 0) is 0 Å². The van der Waals surface area contributed by atoms with E-state index in [2.05, 4.69) is 21.8 Å². The molecule has 0 fully saturated rings. The van der Waals surface area contributed by atoms with Crippen LogP contribution in [0.15, 0.2) is 24.4 Å². The minimum atomic E-state index is -0.725. The number of amides is 1. The van der Waals surface area contributed by atoms with E-state index in [0.29, 0.717) is 17.1 Å². The zero-order chi connectivity index (χ0) is 16.1. The van der Waals surface area contributed by atoms with Crippen molar-refractivity contribution in [2.45, 2.75) is 0 Å². The first kappa shape index (κ1) is 15.6. The fraction of sp³-hybridized carbons (Fsp3) is 0.133. The Balaban J connectivity index is 2.46. The summed E-state index contributed by atoms with van der Waals surface area (Å²) in [7, 11) is 3.08. The van der Waals surface area contributed by atoms with Crippen LogP contribution in [0.1, 0.15) is 21.7 Å². The highest BCUT2D eigenvalue weighted by atomic mass is 35.5. The van der Waals surface area contributed by atoms with Crippen molar-refractivity contribution >= 4 is 17.5 Å². The smallest absolute Gasteiger partial charge is 0.270 e. The molecule has 2 rings (SSSR count). The lowest BCUT2D eigenvalue weighted by Crippen LogP contribution is -2.16. The van der Waals surface area contributed by atoms with Gasteiger partial charge in [-0.25, -0.2) is 9.97 Å². The van der Waals surface area contributed by atoms with Crippen molar-refractivity contribution < 1.29 is 14.3 Å². The van der Waals surface area contributed by atoms with Crippen molar-refractivity contribution in [2.75, 3.05) is 14.2 Å². The molecule has 7 heteroatoms. The van der Waals surface area contributed by atoms with Crippen molar-refractivity contribution in [3.8, 4) is 23.3 Å². The van der Waals surface area contributed by atoms with E-state index >= 15 is 0 Å². The zero-order valence-corrected chi connectivity index (χ0v) is 12.6. The van der Waals surface area contributed by atoms with Crippen LogP contribution in [0.4, 0.5) is 0 Å². The molecule has 6 nitrogen and oxygen atoms in total. The highest BCUT2D eigenvalue weighted by Crippen LogP contribution is 2.21. The standard InChI is InChI=1S/C15H12ClN3O3/c1-21-10-5-9(6-11(7-10)22-2)3-4-12-14(15(17)20)18-8-13(16)19-12/h5-8H,1-2H3,(H2,17,20). The molecule has 0 aliphatic rings. The second-order valence-electron chi connectivity index (χ2n) is 4.11. The maximum absolute atomic E-state index is 11.3. The molecule has 112 valence electrons. The number of methoxy groups -OCH3 is 2. The van der Waals surface area contributed by atoms with E-state index in [1.165, 1.54) is 6.20 Å². The van der Waals surface area contributed by atoms with Gasteiger partial charge in [0.15, 0.2) is 5.69 Å². The number of halogens is 1. The first-order valence-electron chi connectivity index (χ1n) is 6.11. The molecule has 0 spiro atoms. The third-order valence-electron chi connectivity index (χ3n) is 2.65. The molecule has 0 aliphatic heterocycles. The van der Waals surface area contributed by atoms with Crippen LogP contribution in [0.25, 0.3) is 0 Å². The van der Waals surface area contributed by atoms with Gasteiger partial charge in [0, 0.05) is 11.6 Å². The number of primary amides is 1. The number of carbonyl (C=O) groups is 1. The number of hydrogen-bond donors (Lipinski definition) is 1. The fourth-order valence-corrected chi connectivity index (χ4v) is 1.78. The Labute approximate surface area is 132 Å². The Bertz CT molecular complexity index is 759. The molecule has 22 heavy (non-hydrogen) atoms. The summed E-state index contributed by atoms with van der Waals surface area (Å²) in [4.78, 5) is 19.1. The van der Waals surface area contributed by atoms with Gasteiger partial charge in [-0.2, -0.15) is 0 Å². The Kier molecular flexibility index (Phi) is 4.81. The van der Waals surface area contributed by atoms with Gasteiger partial charge in [0.25, 0.3) is 5.91 Å². The van der Waals surface area contributed by atoms with Gasteiger partial charge in [-0.1, -0.05) is 17.5 Å². The number of nitrogens with zero attached hydrogens (tertiary/aromatic N) is 2. The second-order valence-corrected chi connectivity index (χ2v) is 4.49. The summed E-state index contributed by atoms with van der Waals surface area (Å²) in [6, 6.07) is 5.16. The molecule has 1 aromatic carbocycles. The molecule has 0 saturated heterocycles. The first-order chi connectivity index (χ1) is 10.5. The lowest BCUT2D eigenvalue weighted by atomic mass is 10.2. The van der Waals surface area contributed by atoms with E-state index in [-0.39, 0.29) is 16.5 Å². The zero-order valence-electron chi connectivity index (χ0n) is 11.9. The maximum atomic E-state index is 11.3. The average molecular weight is 318 g/mol. The predicted molar refractivity (Wildman–Crippen MR) is 81.1 cm³/mol. The van der Waals surface area contributed by atoms with E-state index < -0.39 is 5.91 Å². The highest BCUT2D eigenvalue weighted by Gasteiger charge is 2.10. The fourth-order valence-electron chi connectivity index (χ4n) is 1.65. The minimum Gasteiger partial charge on any atom is -0.497 e. The topological polar surface area (TPSA) is 87.3 Å². The van der Waals surface area contributed by atoms with Gasteiger partial charge in [-0.3, -0.25) is 4.79 Å². The molecule has 2 N–H and O–H groups in total. The number of hydrogen-bond acceptors (Lipinski definition) is 5. The van der Waals surface area contributed by atoms with Gasteiger partial charge >= 0.3 is 0 Å². The van der Waals surface area contributed by atoms with Crippen LogP contribution in [0.5, 0.6) is 11.5 Å². The van der Waals surface area contributed by atoms with Gasteiger partial charge < -0.3 is 15.2 Å². The molecule has 0 unspecified atom stereocenters. The molecule has 1 aromatic heterocycles. The van der Waals surface area contributed by atoms with E-state index in [9.17, 15) is 4.79 Å². The summed E-state index contributed by atoms with van der Waals surface area (Å²) in [6.07, 6.45) is 1.24. The van der Waals surface area contributed by atoms with Gasteiger partial charge in [0.1, 0.15) is 22.3 Å². The van der Waals surface area contributed by atoms with Crippen molar-refractivity contribution in [3.63, 3.8) is 0 Å². The van der Waals surface area contributed by atoms with Gasteiger partial charge in [0.05, 0.1) is 20.4 Å². The number of ether oxygens (including phenoxy) is 2. The quantitative estimate of drug-likeness (QED) is 0.870. The lowest BCUT2D eigenvalue weighted by Gasteiger charge is -2.04. The molecule has 1 amide bonds. The number of carbonyl (C=O) groups excluding carboxylic acids is 1. The Hall–Kier alpha value is -2.78. The third kappa shape index (κ3) is 3.65. The van der Waals surface area contributed by atoms with Crippen LogP contribution < -0.4 is 15.2 Å². The molecular formula is C15H12ClN3O3. The van der Waals surface area contributed by atoms with Gasteiger partial charge in [0.2, 0.25) is 0 Å². The van der Waals surface area contributed by atoms with Crippen molar-refractivity contribution in [1.82, 2.24) is 9.97 Å². The van der Waals surface area contributed by atoms with Crippen molar-refractivity contribution in [2.24, 2.45) is 5.73 Å². The number of nitrogens with two attached hydrogens (primary N) is 1. The van der Waals surface area contributed by atoms with Crippen LogP contribution >= 0.6 is 11.6 Å². The molecule has 0 bridgehead atoms. The van der Waals surface area contributed by atoms with Gasteiger partial charge in [-0.15, -0.1) is 0 Å². The molecular weight excluding hydrogens is 306 g/mol. The normalized spacial score (nSPS) is 9.59. The summed E-state index contributed by atoms with van der Waals surface area (Å²) < 4.78 is 10.3. The van der Waals surface area contributed by atoms with E-state index in [1.54, 1.807) is 32.4 Å². The van der Waals surface area contributed by atoms with E-state index in [0.717, 1.165) is 0 Å². The van der Waals surface area contributed by atoms with Crippen LogP contribution in [-0.4, -0.2) is 30.1 Å².